The number of allylic oxidation sites excluding steroid dienone is 1. The highest BCUT2D eigenvalue weighted by molar-refractivity contribution is 6.15. The molecule has 1 aliphatic carbocycles. The molecule has 0 spiro atoms. The maximum Gasteiger partial charge on any atom is 0.164 e. The topological polar surface area (TPSA) is 69.9 Å². The van der Waals surface area contributed by atoms with Gasteiger partial charge >= 0.3 is 0 Å². The van der Waals surface area contributed by atoms with Gasteiger partial charge in [0.25, 0.3) is 0 Å². The van der Waals surface area contributed by atoms with Gasteiger partial charge in [0.2, 0.25) is 0 Å². The van der Waals surface area contributed by atoms with E-state index in [0.717, 1.165) is 66.5 Å². The Labute approximate surface area is 356 Å². The molecule has 6 nitrogen and oxygen atoms in total. The minimum absolute atomic E-state index is 0.0392. The fourth-order valence-electron chi connectivity index (χ4n) is 9.76. The average molecular weight is 797 g/mol. The van der Waals surface area contributed by atoms with Crippen molar-refractivity contribution < 1.29 is 8.83 Å². The Morgan fingerprint density at radius 3 is 1.97 bits per heavy atom. The van der Waals surface area contributed by atoms with E-state index in [1.165, 1.54) is 38.3 Å². The molecule has 13 rings (SSSR count). The van der Waals surface area contributed by atoms with Gasteiger partial charge in [0.1, 0.15) is 28.3 Å². The highest BCUT2D eigenvalue weighted by Crippen LogP contribution is 2.44. The molecule has 0 fully saturated rings. The third-order valence-corrected chi connectivity index (χ3v) is 12.7. The van der Waals surface area contributed by atoms with Crippen LogP contribution in [0.4, 0.5) is 0 Å². The summed E-state index contributed by atoms with van der Waals surface area (Å²) in [4.78, 5) is 15.9. The molecule has 0 aliphatic heterocycles. The normalized spacial score (nSPS) is 14.1. The monoisotopic (exact) mass is 796 g/mol. The zero-order valence-electron chi connectivity index (χ0n) is 33.5. The first-order chi connectivity index (χ1) is 30.7. The van der Waals surface area contributed by atoms with E-state index < -0.39 is 0 Å². The van der Waals surface area contributed by atoms with Crippen LogP contribution in [-0.4, -0.2) is 19.5 Å². The molecule has 1 aliphatic rings. The summed E-state index contributed by atoms with van der Waals surface area (Å²) in [6, 6.07) is 63.7. The summed E-state index contributed by atoms with van der Waals surface area (Å²) >= 11 is 0. The van der Waals surface area contributed by atoms with Crippen molar-refractivity contribution in [2.24, 2.45) is 5.92 Å². The van der Waals surface area contributed by atoms with Gasteiger partial charge in [-0.3, -0.25) is 0 Å². The van der Waals surface area contributed by atoms with E-state index >= 15 is 0 Å². The molecule has 0 bridgehead atoms. The van der Waals surface area contributed by atoms with Crippen molar-refractivity contribution in [3.05, 3.63) is 199 Å². The van der Waals surface area contributed by atoms with Crippen molar-refractivity contribution in [1.82, 2.24) is 19.5 Å². The third kappa shape index (κ3) is 5.53. The fraction of sp³-hybridized carbons (Fsp3) is 0.0536. The van der Waals surface area contributed by atoms with Crippen LogP contribution in [0.1, 0.15) is 17.1 Å². The van der Waals surface area contributed by atoms with Crippen molar-refractivity contribution in [1.29, 1.82) is 0 Å². The van der Waals surface area contributed by atoms with E-state index in [1.54, 1.807) is 0 Å². The summed E-state index contributed by atoms with van der Waals surface area (Å²) in [6.45, 7) is 0. The maximum atomic E-state index is 6.65. The molecule has 0 saturated carbocycles. The molecule has 12 aromatic rings. The second kappa shape index (κ2) is 13.7. The standard InChI is InChI=1S/C56H36N4O2/c1-2-13-34(14-3-1)35-25-27-36(28-26-35)55-57-53(58-56(59-55)43-20-12-24-51-54(43)42-19-8-11-23-50(42)61-51)32-39-31-52-45(41-18-7-10-22-49(41)62-52)33-47(39)60-46-21-9-6-17-40(46)44-29-37-15-4-5-16-38(37)30-48(44)60/h1-30,33,39H,31-32H2. The smallest absolute Gasteiger partial charge is 0.164 e. The predicted molar refractivity (Wildman–Crippen MR) is 252 cm³/mol. The van der Waals surface area contributed by atoms with Crippen LogP contribution in [0.5, 0.6) is 0 Å². The number of furan rings is 2. The summed E-state index contributed by atoms with van der Waals surface area (Å²) in [5.74, 6) is 2.89. The summed E-state index contributed by atoms with van der Waals surface area (Å²) in [6.07, 6.45) is 3.60. The van der Waals surface area contributed by atoms with Gasteiger partial charge in [-0.05, 0) is 64.4 Å². The van der Waals surface area contributed by atoms with Gasteiger partial charge in [-0.15, -0.1) is 0 Å². The summed E-state index contributed by atoms with van der Waals surface area (Å²) in [5, 5.41) is 8.02. The van der Waals surface area contributed by atoms with Crippen LogP contribution in [0.3, 0.4) is 0 Å². The van der Waals surface area contributed by atoms with Gasteiger partial charge in [-0.1, -0.05) is 146 Å². The first kappa shape index (κ1) is 34.7. The van der Waals surface area contributed by atoms with Crippen molar-refractivity contribution in [3.8, 4) is 33.9 Å². The van der Waals surface area contributed by atoms with Crippen LogP contribution in [0.15, 0.2) is 191 Å². The lowest BCUT2D eigenvalue weighted by molar-refractivity contribution is 0.492. The van der Waals surface area contributed by atoms with Crippen molar-refractivity contribution in [2.75, 3.05) is 0 Å². The first-order valence-corrected chi connectivity index (χ1v) is 21.2. The Morgan fingerprint density at radius 1 is 0.484 bits per heavy atom. The number of aromatic nitrogens is 4. The Balaban J connectivity index is 1.02. The van der Waals surface area contributed by atoms with Gasteiger partial charge in [0, 0.05) is 68.1 Å². The van der Waals surface area contributed by atoms with E-state index in [9.17, 15) is 0 Å². The average Bonchev–Trinajstić information content (AvgIpc) is 4.00. The maximum absolute atomic E-state index is 6.65. The van der Waals surface area contributed by atoms with Gasteiger partial charge in [0.05, 0.1) is 11.0 Å². The minimum atomic E-state index is -0.0392. The predicted octanol–water partition coefficient (Wildman–Crippen LogP) is 14.2. The molecule has 0 saturated heterocycles. The minimum Gasteiger partial charge on any atom is -0.460 e. The van der Waals surface area contributed by atoms with Crippen LogP contribution in [0, 0.1) is 5.92 Å². The van der Waals surface area contributed by atoms with E-state index in [-0.39, 0.29) is 5.92 Å². The van der Waals surface area contributed by atoms with Crippen LogP contribution in [0.25, 0.3) is 111 Å². The molecular weight excluding hydrogens is 761 g/mol. The zero-order valence-corrected chi connectivity index (χ0v) is 33.5. The zero-order chi connectivity index (χ0) is 40.7. The summed E-state index contributed by atoms with van der Waals surface area (Å²) in [5.41, 5.74) is 11.3. The van der Waals surface area contributed by atoms with Gasteiger partial charge in [-0.25, -0.2) is 15.0 Å². The van der Waals surface area contributed by atoms with Crippen LogP contribution < -0.4 is 0 Å². The highest BCUT2D eigenvalue weighted by Gasteiger charge is 2.31. The number of nitrogens with zero attached hydrogens (tertiary/aromatic N) is 4. The Bertz CT molecular complexity index is 3760. The van der Waals surface area contributed by atoms with Gasteiger partial charge in [0.15, 0.2) is 11.6 Å². The van der Waals surface area contributed by atoms with E-state index in [1.807, 2.05) is 42.5 Å². The molecule has 6 heteroatoms. The second-order valence-corrected chi connectivity index (χ2v) is 16.3. The lowest BCUT2D eigenvalue weighted by atomic mass is 9.87. The van der Waals surface area contributed by atoms with Crippen LogP contribution in [-0.2, 0) is 12.8 Å². The van der Waals surface area contributed by atoms with Crippen molar-refractivity contribution >= 4 is 77.3 Å². The van der Waals surface area contributed by atoms with E-state index in [2.05, 4.69) is 150 Å². The number of benzene rings is 8. The molecule has 1 unspecified atom stereocenters. The van der Waals surface area contributed by atoms with Gasteiger partial charge in [-0.2, -0.15) is 0 Å². The lowest BCUT2D eigenvalue weighted by Crippen LogP contribution is -2.20. The lowest BCUT2D eigenvalue weighted by Gasteiger charge is -2.26. The molecular formula is C56H36N4O2. The molecule has 4 aromatic heterocycles. The molecule has 4 heterocycles. The Hall–Kier alpha value is -8.09. The van der Waals surface area contributed by atoms with E-state index in [4.69, 9.17) is 23.8 Å². The van der Waals surface area contributed by atoms with Crippen molar-refractivity contribution in [2.45, 2.75) is 12.8 Å². The highest BCUT2D eigenvalue weighted by atomic mass is 16.3. The molecule has 0 N–H and O–H groups in total. The quantitative estimate of drug-likeness (QED) is 0.168. The SMILES string of the molecule is C1=C(n2c3ccccc3c3cc4ccccc4cc32)C(Cc2nc(-c3ccc(-c4ccccc4)cc3)nc(-c3cccc4oc5ccccc5c34)n2)Cc2oc3ccccc3c21. The molecule has 8 aromatic carbocycles. The summed E-state index contributed by atoms with van der Waals surface area (Å²) < 4.78 is 15.5. The Morgan fingerprint density at radius 2 is 1.13 bits per heavy atom. The van der Waals surface area contributed by atoms with Crippen LogP contribution in [0.2, 0.25) is 0 Å². The largest absolute Gasteiger partial charge is 0.460 e. The van der Waals surface area contributed by atoms with Gasteiger partial charge < -0.3 is 13.4 Å². The molecule has 62 heavy (non-hydrogen) atoms. The third-order valence-electron chi connectivity index (χ3n) is 12.7. The molecule has 0 radical (unpaired) electrons. The fourth-order valence-corrected chi connectivity index (χ4v) is 9.76. The van der Waals surface area contributed by atoms with Crippen molar-refractivity contribution in [3.63, 3.8) is 0 Å². The summed E-state index contributed by atoms with van der Waals surface area (Å²) in [7, 11) is 0. The number of fused-ring (bicyclic) bond motifs is 10. The first-order valence-electron chi connectivity index (χ1n) is 21.2. The Kier molecular flexibility index (Phi) is 7.69. The second-order valence-electron chi connectivity index (χ2n) is 16.3. The number of para-hydroxylation sites is 3. The number of rotatable bonds is 6. The number of hydrogen-bond acceptors (Lipinski definition) is 5. The molecule has 292 valence electrons. The van der Waals surface area contributed by atoms with E-state index in [0.29, 0.717) is 30.3 Å². The van der Waals surface area contributed by atoms with Crippen LogP contribution >= 0.6 is 0 Å². The molecule has 1 atom stereocenters. The molecule has 0 amide bonds. The number of hydrogen-bond donors (Lipinski definition) is 0.